The smallest absolute Gasteiger partial charge is 0.323 e. The number of hydrogen-bond donors (Lipinski definition) is 3. The Kier molecular flexibility index (Phi) is 7.93. The van der Waals surface area contributed by atoms with Crippen LogP contribution < -0.4 is 20.9 Å². The zero-order chi connectivity index (χ0) is 21.3. The molecule has 0 aliphatic carbocycles. The van der Waals surface area contributed by atoms with E-state index in [0.717, 1.165) is 31.6 Å². The van der Waals surface area contributed by atoms with Crippen molar-refractivity contribution in [3.05, 3.63) is 53.1 Å². The first-order chi connectivity index (χ1) is 14.6. The number of anilines is 3. The number of carbonyl (C=O) groups is 2. The molecule has 0 aromatic heterocycles. The first kappa shape index (κ1) is 21.9. The Bertz CT molecular complexity index is 884. The number of halogens is 1. The third kappa shape index (κ3) is 6.11. The normalized spacial score (nSPS) is 13.6. The van der Waals surface area contributed by atoms with Crippen molar-refractivity contribution >= 4 is 40.6 Å². The van der Waals surface area contributed by atoms with E-state index in [1.165, 1.54) is 6.42 Å². The summed E-state index contributed by atoms with van der Waals surface area (Å²) in [5.41, 5.74) is 2.54. The van der Waals surface area contributed by atoms with Crippen molar-refractivity contribution < 1.29 is 14.3 Å². The number of rotatable bonds is 7. The average molecular weight is 431 g/mol. The van der Waals surface area contributed by atoms with Crippen molar-refractivity contribution in [3.8, 4) is 0 Å². The highest BCUT2D eigenvalue weighted by molar-refractivity contribution is 6.30. The molecule has 0 unspecified atom stereocenters. The Labute approximate surface area is 181 Å². The number of benzene rings is 2. The minimum atomic E-state index is -0.409. The van der Waals surface area contributed by atoms with Crippen LogP contribution in [0.2, 0.25) is 5.02 Å². The van der Waals surface area contributed by atoms with Crippen molar-refractivity contribution in [1.82, 2.24) is 5.32 Å². The van der Waals surface area contributed by atoms with Crippen molar-refractivity contribution in [2.75, 3.05) is 48.9 Å². The lowest BCUT2D eigenvalue weighted by atomic mass is 10.1. The van der Waals surface area contributed by atoms with E-state index in [1.54, 1.807) is 37.4 Å². The van der Waals surface area contributed by atoms with Crippen LogP contribution in [-0.2, 0) is 4.74 Å². The van der Waals surface area contributed by atoms with Gasteiger partial charge in [-0.3, -0.25) is 4.79 Å². The predicted molar refractivity (Wildman–Crippen MR) is 121 cm³/mol. The van der Waals surface area contributed by atoms with Crippen molar-refractivity contribution in [2.45, 2.75) is 19.3 Å². The van der Waals surface area contributed by atoms with Crippen LogP contribution in [0.3, 0.4) is 0 Å². The molecule has 0 saturated carbocycles. The molecule has 0 atom stereocenters. The highest BCUT2D eigenvalue weighted by Gasteiger charge is 2.19. The summed E-state index contributed by atoms with van der Waals surface area (Å²) in [6, 6.07) is 11.9. The third-order valence-corrected chi connectivity index (χ3v) is 5.11. The van der Waals surface area contributed by atoms with Gasteiger partial charge in [-0.05, 0) is 55.7 Å². The average Bonchev–Trinajstić information content (AvgIpc) is 2.74. The quantitative estimate of drug-likeness (QED) is 0.570. The number of nitrogens with zero attached hydrogens (tertiary/aromatic N) is 1. The van der Waals surface area contributed by atoms with Gasteiger partial charge in [0, 0.05) is 48.8 Å². The second kappa shape index (κ2) is 10.8. The van der Waals surface area contributed by atoms with E-state index in [0.29, 0.717) is 35.1 Å². The van der Waals surface area contributed by atoms with Gasteiger partial charge in [0.05, 0.1) is 12.2 Å². The molecule has 1 aliphatic rings. The first-order valence-corrected chi connectivity index (χ1v) is 10.4. The minimum Gasteiger partial charge on any atom is -0.383 e. The maximum atomic E-state index is 12.8. The molecule has 2 aromatic carbocycles. The van der Waals surface area contributed by atoms with Gasteiger partial charge in [-0.15, -0.1) is 0 Å². The van der Waals surface area contributed by atoms with E-state index in [-0.39, 0.29) is 5.91 Å². The molecule has 3 N–H and O–H groups in total. The summed E-state index contributed by atoms with van der Waals surface area (Å²) in [7, 11) is 1.59. The summed E-state index contributed by atoms with van der Waals surface area (Å²) < 4.78 is 5.02. The SMILES string of the molecule is COCCNC(=O)c1cc(NC(=O)Nc2cccc(Cl)c2)ccc1N1CCCCC1. The summed E-state index contributed by atoms with van der Waals surface area (Å²) in [6.07, 6.45) is 3.41. The lowest BCUT2D eigenvalue weighted by Gasteiger charge is -2.30. The van der Waals surface area contributed by atoms with Crippen LogP contribution >= 0.6 is 11.6 Å². The van der Waals surface area contributed by atoms with Gasteiger partial charge < -0.3 is 25.6 Å². The molecular formula is C22H27ClN4O3. The molecular weight excluding hydrogens is 404 g/mol. The molecule has 2 aromatic rings. The number of urea groups is 1. The lowest BCUT2D eigenvalue weighted by Crippen LogP contribution is -2.33. The van der Waals surface area contributed by atoms with Crippen LogP contribution in [0.25, 0.3) is 0 Å². The Morgan fingerprint density at radius 3 is 2.47 bits per heavy atom. The summed E-state index contributed by atoms with van der Waals surface area (Å²) in [6.45, 7) is 2.69. The fourth-order valence-electron chi connectivity index (χ4n) is 3.43. The maximum absolute atomic E-state index is 12.8. The van der Waals surface area contributed by atoms with Crippen LogP contribution in [0.1, 0.15) is 29.6 Å². The van der Waals surface area contributed by atoms with Gasteiger partial charge in [0.2, 0.25) is 0 Å². The highest BCUT2D eigenvalue weighted by atomic mass is 35.5. The fourth-order valence-corrected chi connectivity index (χ4v) is 3.62. The van der Waals surface area contributed by atoms with E-state index >= 15 is 0 Å². The van der Waals surface area contributed by atoms with Gasteiger partial charge in [-0.25, -0.2) is 4.79 Å². The Hall–Kier alpha value is -2.77. The Balaban J connectivity index is 1.76. The van der Waals surface area contributed by atoms with Crippen molar-refractivity contribution in [2.24, 2.45) is 0 Å². The fraction of sp³-hybridized carbons (Fsp3) is 0.364. The zero-order valence-electron chi connectivity index (χ0n) is 17.0. The molecule has 3 rings (SSSR count). The Morgan fingerprint density at radius 1 is 1.03 bits per heavy atom. The molecule has 8 heteroatoms. The molecule has 1 saturated heterocycles. The summed E-state index contributed by atoms with van der Waals surface area (Å²) >= 11 is 5.96. The molecule has 7 nitrogen and oxygen atoms in total. The summed E-state index contributed by atoms with van der Waals surface area (Å²) in [5.74, 6) is -0.188. The Morgan fingerprint density at radius 2 is 1.77 bits per heavy atom. The molecule has 3 amide bonds. The van der Waals surface area contributed by atoms with Crippen LogP contribution in [0.5, 0.6) is 0 Å². The van der Waals surface area contributed by atoms with E-state index in [9.17, 15) is 9.59 Å². The molecule has 160 valence electrons. The molecule has 1 fully saturated rings. The standard InChI is InChI=1S/C22H27ClN4O3/c1-30-13-10-24-21(28)19-15-18(8-9-20(19)27-11-3-2-4-12-27)26-22(29)25-17-7-5-6-16(23)14-17/h5-9,14-15H,2-4,10-13H2,1H3,(H,24,28)(H2,25,26,29). The van der Waals surface area contributed by atoms with Gasteiger partial charge in [0.25, 0.3) is 5.91 Å². The first-order valence-electron chi connectivity index (χ1n) is 10.1. The number of carbonyl (C=O) groups excluding carboxylic acids is 2. The zero-order valence-corrected chi connectivity index (χ0v) is 17.8. The number of nitrogens with one attached hydrogen (secondary N) is 3. The van der Waals surface area contributed by atoms with Gasteiger partial charge in [-0.1, -0.05) is 17.7 Å². The van der Waals surface area contributed by atoms with Gasteiger partial charge >= 0.3 is 6.03 Å². The molecule has 30 heavy (non-hydrogen) atoms. The molecule has 1 aliphatic heterocycles. The van der Waals surface area contributed by atoms with Crippen LogP contribution in [0, 0.1) is 0 Å². The minimum absolute atomic E-state index is 0.188. The second-order valence-corrected chi connectivity index (χ2v) is 7.55. The molecule has 0 spiro atoms. The van der Waals surface area contributed by atoms with Gasteiger partial charge in [0.1, 0.15) is 0 Å². The van der Waals surface area contributed by atoms with E-state index < -0.39 is 6.03 Å². The number of amides is 3. The van der Waals surface area contributed by atoms with Crippen LogP contribution in [0.4, 0.5) is 21.9 Å². The number of methoxy groups -OCH3 is 1. The van der Waals surface area contributed by atoms with Gasteiger partial charge in [-0.2, -0.15) is 0 Å². The van der Waals surface area contributed by atoms with Crippen LogP contribution in [-0.4, -0.2) is 45.3 Å². The van der Waals surface area contributed by atoms with E-state index in [4.69, 9.17) is 16.3 Å². The highest BCUT2D eigenvalue weighted by Crippen LogP contribution is 2.27. The largest absolute Gasteiger partial charge is 0.383 e. The lowest BCUT2D eigenvalue weighted by molar-refractivity contribution is 0.0937. The third-order valence-electron chi connectivity index (χ3n) is 4.87. The predicted octanol–water partition coefficient (Wildman–Crippen LogP) is 4.35. The second-order valence-electron chi connectivity index (χ2n) is 7.12. The van der Waals surface area contributed by atoms with Gasteiger partial charge in [0.15, 0.2) is 0 Å². The monoisotopic (exact) mass is 430 g/mol. The molecule has 1 heterocycles. The number of hydrogen-bond acceptors (Lipinski definition) is 4. The summed E-state index contributed by atoms with van der Waals surface area (Å²) in [5, 5.41) is 8.93. The topological polar surface area (TPSA) is 82.7 Å². The van der Waals surface area contributed by atoms with E-state index in [1.807, 2.05) is 12.1 Å². The summed E-state index contributed by atoms with van der Waals surface area (Å²) in [4.78, 5) is 27.4. The molecule has 0 bridgehead atoms. The maximum Gasteiger partial charge on any atom is 0.323 e. The molecule has 0 radical (unpaired) electrons. The van der Waals surface area contributed by atoms with Crippen molar-refractivity contribution in [3.63, 3.8) is 0 Å². The van der Waals surface area contributed by atoms with Crippen molar-refractivity contribution in [1.29, 1.82) is 0 Å². The number of piperidine rings is 1. The van der Waals surface area contributed by atoms with E-state index in [2.05, 4.69) is 20.9 Å². The van der Waals surface area contributed by atoms with Crippen LogP contribution in [0.15, 0.2) is 42.5 Å². The number of ether oxygens (including phenoxy) is 1.